The van der Waals surface area contributed by atoms with E-state index in [1.54, 1.807) is 0 Å². The van der Waals surface area contributed by atoms with Crippen molar-refractivity contribution in [2.45, 2.75) is 95.7 Å². The number of hydrogen-bond donors (Lipinski definition) is 1. The molecule has 2 saturated carbocycles. The van der Waals surface area contributed by atoms with Gasteiger partial charge in [-0.05, 0) is 44.7 Å². The summed E-state index contributed by atoms with van der Waals surface area (Å²) in [6.07, 6.45) is 13.5. The van der Waals surface area contributed by atoms with E-state index < -0.39 is 0 Å². The van der Waals surface area contributed by atoms with Gasteiger partial charge in [-0.3, -0.25) is 9.79 Å². The van der Waals surface area contributed by atoms with Gasteiger partial charge in [0.05, 0.1) is 6.04 Å². The Morgan fingerprint density at radius 3 is 2.38 bits per heavy atom. The standard InChI is InChI=1S/C24H35N3OS/c1-18-12-14-20(15-13-18)25-23(28)16-22-17-29-24(26-19-8-4-2-5-9-19)27(22)21-10-6-3-7-11-21/h12-15,19,21-22H,2-11,16-17H2,1H3,(H,25,28). The molecular weight excluding hydrogens is 378 g/mol. The number of carbonyl (C=O) groups is 1. The molecule has 4 rings (SSSR count). The number of amidine groups is 1. The predicted molar refractivity (Wildman–Crippen MR) is 124 cm³/mol. The van der Waals surface area contributed by atoms with Crippen LogP contribution < -0.4 is 5.32 Å². The van der Waals surface area contributed by atoms with Gasteiger partial charge in [-0.25, -0.2) is 0 Å². The Morgan fingerprint density at radius 1 is 1.03 bits per heavy atom. The van der Waals surface area contributed by atoms with Crippen LogP contribution in [0.25, 0.3) is 0 Å². The summed E-state index contributed by atoms with van der Waals surface area (Å²) in [5, 5.41) is 4.33. The van der Waals surface area contributed by atoms with E-state index in [0.29, 0.717) is 18.5 Å². The molecule has 5 heteroatoms. The molecular formula is C24H35N3OS. The molecule has 1 aromatic rings. The van der Waals surface area contributed by atoms with Gasteiger partial charge in [0.25, 0.3) is 0 Å². The van der Waals surface area contributed by atoms with Crippen molar-refractivity contribution in [3.63, 3.8) is 0 Å². The van der Waals surface area contributed by atoms with Crippen molar-refractivity contribution in [3.05, 3.63) is 29.8 Å². The Hall–Kier alpha value is -1.49. The average molecular weight is 414 g/mol. The number of amides is 1. The normalized spacial score (nSPS) is 25.5. The number of rotatable bonds is 5. The number of aliphatic imine (C=N–C) groups is 1. The highest BCUT2D eigenvalue weighted by Gasteiger charge is 2.37. The van der Waals surface area contributed by atoms with Crippen molar-refractivity contribution in [2.75, 3.05) is 11.1 Å². The summed E-state index contributed by atoms with van der Waals surface area (Å²) in [6, 6.07) is 9.41. The van der Waals surface area contributed by atoms with Gasteiger partial charge in [0, 0.05) is 29.9 Å². The van der Waals surface area contributed by atoms with Gasteiger partial charge >= 0.3 is 0 Å². The van der Waals surface area contributed by atoms with Gasteiger partial charge < -0.3 is 10.2 Å². The summed E-state index contributed by atoms with van der Waals surface area (Å²) in [6.45, 7) is 2.07. The number of anilines is 1. The van der Waals surface area contributed by atoms with Crippen molar-refractivity contribution >= 4 is 28.5 Å². The average Bonchev–Trinajstić information content (AvgIpc) is 3.13. The molecule has 1 unspecified atom stereocenters. The lowest BCUT2D eigenvalue weighted by atomic mass is 9.93. The first-order valence-electron chi connectivity index (χ1n) is 11.5. The summed E-state index contributed by atoms with van der Waals surface area (Å²) in [4.78, 5) is 20.6. The van der Waals surface area contributed by atoms with E-state index in [1.165, 1.54) is 74.9 Å². The fraction of sp³-hybridized carbons (Fsp3) is 0.667. The van der Waals surface area contributed by atoms with Crippen LogP contribution >= 0.6 is 11.8 Å². The van der Waals surface area contributed by atoms with Crippen LogP contribution in [0.15, 0.2) is 29.3 Å². The Bertz CT molecular complexity index is 705. The number of carbonyl (C=O) groups excluding carboxylic acids is 1. The van der Waals surface area contributed by atoms with E-state index in [0.717, 1.165) is 11.4 Å². The molecule has 2 aliphatic carbocycles. The largest absolute Gasteiger partial charge is 0.344 e. The van der Waals surface area contributed by atoms with Crippen LogP contribution in [-0.2, 0) is 4.79 Å². The minimum absolute atomic E-state index is 0.124. The molecule has 3 aliphatic rings. The molecule has 1 atom stereocenters. The first kappa shape index (κ1) is 20.8. The maximum absolute atomic E-state index is 12.8. The minimum atomic E-state index is 0.124. The number of hydrogen-bond acceptors (Lipinski definition) is 3. The lowest BCUT2D eigenvalue weighted by Gasteiger charge is -2.37. The van der Waals surface area contributed by atoms with Crippen molar-refractivity contribution in [2.24, 2.45) is 4.99 Å². The Morgan fingerprint density at radius 2 is 1.69 bits per heavy atom. The number of aryl methyl sites for hydroxylation is 1. The molecule has 1 aliphatic heterocycles. The van der Waals surface area contributed by atoms with E-state index in [4.69, 9.17) is 4.99 Å². The number of nitrogens with zero attached hydrogens (tertiary/aromatic N) is 2. The maximum Gasteiger partial charge on any atom is 0.226 e. The van der Waals surface area contributed by atoms with Crippen LogP contribution in [-0.4, -0.2) is 39.9 Å². The van der Waals surface area contributed by atoms with E-state index in [1.807, 2.05) is 36.0 Å². The fourth-order valence-corrected chi connectivity index (χ4v) is 6.28. The number of nitrogens with one attached hydrogen (secondary N) is 1. The SMILES string of the molecule is Cc1ccc(NC(=O)CC2CSC(=NC3CCCCC3)N2C2CCCCC2)cc1. The molecule has 0 radical (unpaired) electrons. The molecule has 1 N–H and O–H groups in total. The van der Waals surface area contributed by atoms with Crippen LogP contribution in [0, 0.1) is 6.92 Å². The number of thioether (sulfide) groups is 1. The topological polar surface area (TPSA) is 44.7 Å². The third-order valence-corrected chi connectivity index (χ3v) is 7.74. The van der Waals surface area contributed by atoms with Gasteiger partial charge in [-0.2, -0.15) is 0 Å². The highest BCUT2D eigenvalue weighted by Crippen LogP contribution is 2.35. The van der Waals surface area contributed by atoms with E-state index in [9.17, 15) is 4.79 Å². The zero-order valence-corrected chi connectivity index (χ0v) is 18.6. The molecule has 1 amide bonds. The molecule has 158 valence electrons. The van der Waals surface area contributed by atoms with Gasteiger partial charge in [-0.1, -0.05) is 68.0 Å². The monoisotopic (exact) mass is 413 g/mol. The first-order valence-corrected chi connectivity index (χ1v) is 12.5. The highest BCUT2D eigenvalue weighted by molar-refractivity contribution is 8.14. The van der Waals surface area contributed by atoms with Crippen LogP contribution in [0.2, 0.25) is 0 Å². The second kappa shape index (κ2) is 10.0. The quantitative estimate of drug-likeness (QED) is 0.667. The second-order valence-corrected chi connectivity index (χ2v) is 9.97. The molecule has 29 heavy (non-hydrogen) atoms. The molecule has 0 bridgehead atoms. The van der Waals surface area contributed by atoms with Crippen molar-refractivity contribution in [1.29, 1.82) is 0 Å². The number of benzene rings is 1. The molecule has 0 aromatic heterocycles. The third-order valence-electron chi connectivity index (χ3n) is 6.61. The van der Waals surface area contributed by atoms with Gasteiger partial charge in [0.15, 0.2) is 5.17 Å². The van der Waals surface area contributed by atoms with Crippen molar-refractivity contribution in [3.8, 4) is 0 Å². The summed E-state index contributed by atoms with van der Waals surface area (Å²) in [7, 11) is 0. The highest BCUT2D eigenvalue weighted by atomic mass is 32.2. The van der Waals surface area contributed by atoms with Crippen LogP contribution in [0.4, 0.5) is 5.69 Å². The summed E-state index contributed by atoms with van der Waals surface area (Å²) >= 11 is 1.89. The molecule has 1 heterocycles. The molecule has 4 nitrogen and oxygen atoms in total. The third kappa shape index (κ3) is 5.56. The van der Waals surface area contributed by atoms with Gasteiger partial charge in [-0.15, -0.1) is 0 Å². The maximum atomic E-state index is 12.8. The second-order valence-electron chi connectivity index (χ2n) is 8.99. The summed E-state index contributed by atoms with van der Waals surface area (Å²) in [5.74, 6) is 1.11. The van der Waals surface area contributed by atoms with Crippen molar-refractivity contribution < 1.29 is 4.79 Å². The molecule has 1 saturated heterocycles. The van der Waals surface area contributed by atoms with Gasteiger partial charge in [0.2, 0.25) is 5.91 Å². The molecule has 0 spiro atoms. The Kier molecular flexibility index (Phi) is 7.17. The van der Waals surface area contributed by atoms with Crippen LogP contribution in [0.5, 0.6) is 0 Å². The minimum Gasteiger partial charge on any atom is -0.344 e. The smallest absolute Gasteiger partial charge is 0.226 e. The Balaban J connectivity index is 1.44. The summed E-state index contributed by atoms with van der Waals surface area (Å²) in [5.41, 5.74) is 2.11. The Labute approximate surface area is 179 Å². The van der Waals surface area contributed by atoms with E-state index in [2.05, 4.69) is 17.1 Å². The van der Waals surface area contributed by atoms with Crippen molar-refractivity contribution in [1.82, 2.24) is 4.90 Å². The fourth-order valence-electron chi connectivity index (χ4n) is 4.99. The lowest BCUT2D eigenvalue weighted by molar-refractivity contribution is -0.117. The molecule has 1 aromatic carbocycles. The van der Waals surface area contributed by atoms with Gasteiger partial charge in [0.1, 0.15) is 0 Å². The lowest BCUT2D eigenvalue weighted by Crippen LogP contribution is -2.45. The van der Waals surface area contributed by atoms with E-state index >= 15 is 0 Å². The van der Waals surface area contributed by atoms with Crippen LogP contribution in [0.1, 0.15) is 76.2 Å². The van der Waals surface area contributed by atoms with Crippen LogP contribution in [0.3, 0.4) is 0 Å². The zero-order chi connectivity index (χ0) is 20.1. The first-order chi connectivity index (χ1) is 14.2. The zero-order valence-electron chi connectivity index (χ0n) is 17.7. The predicted octanol–water partition coefficient (Wildman–Crippen LogP) is 5.76. The molecule has 3 fully saturated rings. The van der Waals surface area contributed by atoms with E-state index in [-0.39, 0.29) is 11.9 Å². The summed E-state index contributed by atoms with van der Waals surface area (Å²) < 4.78 is 0.